The van der Waals surface area contributed by atoms with Gasteiger partial charge in [-0.1, -0.05) is 6.07 Å². The van der Waals surface area contributed by atoms with Gasteiger partial charge in [-0.15, -0.1) is 5.10 Å². The van der Waals surface area contributed by atoms with Crippen molar-refractivity contribution in [3.05, 3.63) is 18.2 Å². The molecule has 1 aliphatic heterocycles. The predicted octanol–water partition coefficient (Wildman–Crippen LogP) is 1.87. The third kappa shape index (κ3) is 1.91. The van der Waals surface area contributed by atoms with Crippen LogP contribution in [0.5, 0.6) is 5.88 Å². The molecule has 2 heterocycles. The third-order valence-corrected chi connectivity index (χ3v) is 4.27. The number of benzene rings is 1. The van der Waals surface area contributed by atoms with Crippen molar-refractivity contribution in [2.45, 2.75) is 38.9 Å². The molecular weight excluding hydrogens is 255 g/mol. The van der Waals surface area contributed by atoms with Gasteiger partial charge in [-0.05, 0) is 45.3 Å². The van der Waals surface area contributed by atoms with Gasteiger partial charge in [0.05, 0.1) is 29.2 Å². The number of H-pyrrole nitrogens is 1. The van der Waals surface area contributed by atoms with E-state index in [0.29, 0.717) is 5.88 Å². The Hall–Kier alpha value is -1.53. The molecule has 0 spiro atoms. The maximum Gasteiger partial charge on any atom is 0.494 e. The molecule has 20 heavy (non-hydrogen) atoms. The fraction of sp³-hybridized carbons (Fsp3) is 0.500. The lowest BCUT2D eigenvalue weighted by Gasteiger charge is -2.32. The number of nitrogens with one attached hydrogen (secondary N) is 1. The molecule has 1 N–H and O–H groups in total. The van der Waals surface area contributed by atoms with Crippen LogP contribution in [0.3, 0.4) is 0 Å². The van der Waals surface area contributed by atoms with Crippen LogP contribution in [0.25, 0.3) is 10.9 Å². The molecule has 0 unspecified atom stereocenters. The second-order valence-electron chi connectivity index (χ2n) is 6.13. The van der Waals surface area contributed by atoms with Crippen LogP contribution < -0.4 is 10.2 Å². The zero-order valence-corrected chi connectivity index (χ0v) is 12.5. The molecule has 1 aliphatic rings. The van der Waals surface area contributed by atoms with Gasteiger partial charge in [0.25, 0.3) is 0 Å². The summed E-state index contributed by atoms with van der Waals surface area (Å²) < 4.78 is 17.3. The number of rotatable bonds is 2. The van der Waals surface area contributed by atoms with Crippen LogP contribution in [-0.4, -0.2) is 35.6 Å². The Labute approximate surface area is 118 Å². The van der Waals surface area contributed by atoms with Crippen LogP contribution in [0, 0.1) is 0 Å². The Kier molecular flexibility index (Phi) is 2.85. The number of hydrogen-bond donors (Lipinski definition) is 1. The van der Waals surface area contributed by atoms with E-state index in [0.717, 1.165) is 16.4 Å². The number of hydrogen-bond acceptors (Lipinski definition) is 4. The molecule has 0 bridgehead atoms. The van der Waals surface area contributed by atoms with Crippen LogP contribution in [-0.2, 0) is 9.31 Å². The number of ether oxygens (including phenoxy) is 1. The van der Waals surface area contributed by atoms with E-state index in [4.69, 9.17) is 14.0 Å². The lowest BCUT2D eigenvalue weighted by Crippen LogP contribution is -2.41. The van der Waals surface area contributed by atoms with Crippen LogP contribution in [0.15, 0.2) is 18.2 Å². The predicted molar refractivity (Wildman–Crippen MR) is 78.4 cm³/mol. The first kappa shape index (κ1) is 13.5. The molecular formula is C14H19BN2O3. The number of fused-ring (bicyclic) bond motifs is 1. The van der Waals surface area contributed by atoms with E-state index in [-0.39, 0.29) is 18.3 Å². The van der Waals surface area contributed by atoms with Crippen LogP contribution in [0.4, 0.5) is 0 Å². The summed E-state index contributed by atoms with van der Waals surface area (Å²) in [5, 5.41) is 8.02. The highest BCUT2D eigenvalue weighted by Crippen LogP contribution is 2.36. The minimum atomic E-state index is -0.362. The summed E-state index contributed by atoms with van der Waals surface area (Å²) in [6, 6.07) is 5.95. The minimum absolute atomic E-state index is 0.335. The molecule has 0 radical (unpaired) electrons. The van der Waals surface area contributed by atoms with E-state index in [1.807, 2.05) is 45.9 Å². The average molecular weight is 274 g/mol. The lowest BCUT2D eigenvalue weighted by atomic mass is 9.79. The molecule has 0 aliphatic carbocycles. The number of methoxy groups -OCH3 is 1. The number of aromatic nitrogens is 2. The zero-order chi connectivity index (χ0) is 14.5. The van der Waals surface area contributed by atoms with Crippen molar-refractivity contribution in [3.63, 3.8) is 0 Å². The van der Waals surface area contributed by atoms with Gasteiger partial charge in [0.2, 0.25) is 5.88 Å². The van der Waals surface area contributed by atoms with Crippen molar-refractivity contribution >= 4 is 23.5 Å². The van der Waals surface area contributed by atoms with E-state index in [9.17, 15) is 0 Å². The monoisotopic (exact) mass is 274 g/mol. The fourth-order valence-electron chi connectivity index (χ4n) is 2.29. The first-order valence-electron chi connectivity index (χ1n) is 6.72. The average Bonchev–Trinajstić information content (AvgIpc) is 2.87. The standard InChI is InChI=1S/C14H19BN2O3/c1-13(2)14(3,4)20-15(19-13)9-6-7-10-11(8-9)16-17-12(10)18-5/h6-8H,1-5H3,(H,16,17). The van der Waals surface area contributed by atoms with Gasteiger partial charge in [0, 0.05) is 0 Å². The van der Waals surface area contributed by atoms with Gasteiger partial charge in [-0.25, -0.2) is 0 Å². The lowest BCUT2D eigenvalue weighted by molar-refractivity contribution is 0.00578. The van der Waals surface area contributed by atoms with Crippen molar-refractivity contribution in [2.24, 2.45) is 0 Å². The van der Waals surface area contributed by atoms with Crippen LogP contribution in [0.2, 0.25) is 0 Å². The van der Waals surface area contributed by atoms with Gasteiger partial charge in [0.1, 0.15) is 0 Å². The first-order chi connectivity index (χ1) is 9.34. The summed E-state index contributed by atoms with van der Waals surface area (Å²) in [7, 11) is 1.25. The van der Waals surface area contributed by atoms with Crippen molar-refractivity contribution in [1.82, 2.24) is 10.2 Å². The van der Waals surface area contributed by atoms with E-state index < -0.39 is 0 Å². The smallest absolute Gasteiger partial charge is 0.480 e. The summed E-state index contributed by atoms with van der Waals surface area (Å²) in [4.78, 5) is 0. The molecule has 1 fully saturated rings. The summed E-state index contributed by atoms with van der Waals surface area (Å²) in [6.07, 6.45) is 0. The van der Waals surface area contributed by atoms with Crippen LogP contribution in [0.1, 0.15) is 27.7 Å². The van der Waals surface area contributed by atoms with Gasteiger partial charge >= 0.3 is 7.12 Å². The summed E-state index contributed by atoms with van der Waals surface area (Å²) in [5.74, 6) is 0.598. The highest BCUT2D eigenvalue weighted by Gasteiger charge is 2.51. The maximum absolute atomic E-state index is 6.04. The largest absolute Gasteiger partial charge is 0.494 e. The number of nitrogens with zero attached hydrogens (tertiary/aromatic N) is 1. The molecule has 1 aromatic heterocycles. The third-order valence-electron chi connectivity index (χ3n) is 4.27. The Bertz CT molecular complexity index is 635. The quantitative estimate of drug-likeness (QED) is 0.849. The van der Waals surface area contributed by atoms with Gasteiger partial charge in [-0.3, -0.25) is 5.10 Å². The van der Waals surface area contributed by atoms with Crippen molar-refractivity contribution in [3.8, 4) is 5.88 Å². The highest BCUT2D eigenvalue weighted by atomic mass is 16.7. The molecule has 0 saturated carbocycles. The highest BCUT2D eigenvalue weighted by molar-refractivity contribution is 6.62. The SMILES string of the molecule is COc1n[nH]c2cc(B3OC(C)(C)C(C)(C)O3)ccc12. The number of aromatic amines is 1. The Morgan fingerprint density at radius 2 is 1.80 bits per heavy atom. The molecule has 0 amide bonds. The van der Waals surface area contributed by atoms with E-state index in [2.05, 4.69) is 10.2 Å². The van der Waals surface area contributed by atoms with E-state index >= 15 is 0 Å². The fourth-order valence-corrected chi connectivity index (χ4v) is 2.29. The zero-order valence-electron chi connectivity index (χ0n) is 12.5. The summed E-state index contributed by atoms with van der Waals surface area (Å²) in [6.45, 7) is 8.19. The first-order valence-corrected chi connectivity index (χ1v) is 6.72. The summed E-state index contributed by atoms with van der Waals surface area (Å²) in [5.41, 5.74) is 1.22. The Morgan fingerprint density at radius 1 is 1.15 bits per heavy atom. The molecule has 6 heteroatoms. The molecule has 1 aromatic carbocycles. The van der Waals surface area contributed by atoms with Gasteiger partial charge < -0.3 is 14.0 Å². The summed E-state index contributed by atoms with van der Waals surface area (Å²) >= 11 is 0. The van der Waals surface area contributed by atoms with Crippen LogP contribution >= 0.6 is 0 Å². The second kappa shape index (κ2) is 4.23. The Balaban J connectivity index is 1.96. The van der Waals surface area contributed by atoms with Crippen molar-refractivity contribution in [1.29, 1.82) is 0 Å². The van der Waals surface area contributed by atoms with Crippen molar-refractivity contribution in [2.75, 3.05) is 7.11 Å². The molecule has 3 rings (SSSR count). The second-order valence-corrected chi connectivity index (χ2v) is 6.13. The van der Waals surface area contributed by atoms with Gasteiger partial charge in [-0.2, -0.15) is 0 Å². The van der Waals surface area contributed by atoms with Crippen molar-refractivity contribution < 1.29 is 14.0 Å². The molecule has 5 nitrogen and oxygen atoms in total. The van der Waals surface area contributed by atoms with E-state index in [1.165, 1.54) is 0 Å². The Morgan fingerprint density at radius 3 is 2.40 bits per heavy atom. The van der Waals surface area contributed by atoms with E-state index in [1.54, 1.807) is 7.11 Å². The topological polar surface area (TPSA) is 56.4 Å². The molecule has 106 valence electrons. The molecule has 0 atom stereocenters. The minimum Gasteiger partial charge on any atom is -0.480 e. The molecule has 1 saturated heterocycles. The maximum atomic E-state index is 6.04. The normalized spacial score (nSPS) is 20.6. The molecule has 2 aromatic rings. The van der Waals surface area contributed by atoms with Gasteiger partial charge in [0.15, 0.2) is 0 Å².